The molecule has 0 amide bonds. The Labute approximate surface area is 107 Å². The third-order valence-electron chi connectivity index (χ3n) is 3.34. The molecule has 1 atom stereocenters. The van der Waals surface area contributed by atoms with Crippen molar-refractivity contribution >= 4 is 5.97 Å². The second kappa shape index (κ2) is 6.52. The zero-order chi connectivity index (χ0) is 12.8. The van der Waals surface area contributed by atoms with Gasteiger partial charge >= 0.3 is 5.97 Å². The van der Waals surface area contributed by atoms with Crippen molar-refractivity contribution in [3.8, 4) is 0 Å². The lowest BCUT2D eigenvalue weighted by Gasteiger charge is -2.27. The lowest BCUT2D eigenvalue weighted by atomic mass is 9.95. The van der Waals surface area contributed by atoms with Gasteiger partial charge in [-0.1, -0.05) is 30.3 Å². The van der Waals surface area contributed by atoms with Gasteiger partial charge in [-0.05, 0) is 18.5 Å². The van der Waals surface area contributed by atoms with Gasteiger partial charge in [-0.15, -0.1) is 0 Å². The number of carbonyl (C=O) groups is 1. The van der Waals surface area contributed by atoms with Gasteiger partial charge in [0.05, 0.1) is 19.1 Å². The van der Waals surface area contributed by atoms with E-state index in [4.69, 9.17) is 4.74 Å². The molecule has 0 unspecified atom stereocenters. The van der Waals surface area contributed by atoms with Gasteiger partial charge < -0.3 is 9.84 Å². The number of hydrogen-bond donors (Lipinski definition) is 1. The maximum atomic E-state index is 11.3. The molecular weight excluding hydrogens is 230 g/mol. The first kappa shape index (κ1) is 13.1. The molecule has 1 heterocycles. The Morgan fingerprint density at radius 2 is 1.94 bits per heavy atom. The molecule has 2 rings (SSSR count). The van der Waals surface area contributed by atoms with Crippen LogP contribution in [0.1, 0.15) is 17.9 Å². The Kier molecular flexibility index (Phi) is 4.73. The van der Waals surface area contributed by atoms with Crippen molar-refractivity contribution in [3.05, 3.63) is 35.9 Å². The van der Waals surface area contributed by atoms with Gasteiger partial charge in [-0.25, -0.2) is 0 Å². The van der Waals surface area contributed by atoms with E-state index in [2.05, 4.69) is 4.90 Å². The Morgan fingerprint density at radius 1 is 1.28 bits per heavy atom. The molecule has 1 N–H and O–H groups in total. The van der Waals surface area contributed by atoms with E-state index in [1.54, 1.807) is 0 Å². The van der Waals surface area contributed by atoms with E-state index >= 15 is 0 Å². The summed E-state index contributed by atoms with van der Waals surface area (Å²) < 4.78 is 5.28. The lowest BCUT2D eigenvalue weighted by Crippen LogP contribution is -2.37. The molecule has 1 aromatic rings. The number of morpholine rings is 1. The predicted molar refractivity (Wildman–Crippen MR) is 68.7 cm³/mol. The fourth-order valence-corrected chi connectivity index (χ4v) is 2.25. The minimum absolute atomic E-state index is 0.408. The molecule has 0 aromatic heterocycles. The number of rotatable bonds is 5. The Bertz CT molecular complexity index is 374. The monoisotopic (exact) mass is 249 g/mol. The highest BCUT2D eigenvalue weighted by Crippen LogP contribution is 2.20. The molecule has 4 nitrogen and oxygen atoms in total. The van der Waals surface area contributed by atoms with Crippen molar-refractivity contribution in [2.24, 2.45) is 0 Å². The molecule has 4 heteroatoms. The van der Waals surface area contributed by atoms with Crippen molar-refractivity contribution in [1.82, 2.24) is 4.90 Å². The predicted octanol–water partition coefficient (Wildman–Crippen LogP) is 1.58. The summed E-state index contributed by atoms with van der Waals surface area (Å²) in [7, 11) is 0. The van der Waals surface area contributed by atoms with Gasteiger partial charge in [0.2, 0.25) is 0 Å². The van der Waals surface area contributed by atoms with E-state index < -0.39 is 11.9 Å². The van der Waals surface area contributed by atoms with E-state index in [-0.39, 0.29) is 0 Å². The summed E-state index contributed by atoms with van der Waals surface area (Å²) in [6, 6.07) is 9.46. The van der Waals surface area contributed by atoms with Crippen molar-refractivity contribution in [2.75, 3.05) is 32.8 Å². The fourth-order valence-electron chi connectivity index (χ4n) is 2.25. The van der Waals surface area contributed by atoms with E-state index in [0.29, 0.717) is 6.42 Å². The van der Waals surface area contributed by atoms with E-state index in [1.807, 2.05) is 30.3 Å². The van der Waals surface area contributed by atoms with Crippen LogP contribution < -0.4 is 0 Å². The Morgan fingerprint density at radius 3 is 2.56 bits per heavy atom. The molecule has 1 aliphatic heterocycles. The summed E-state index contributed by atoms with van der Waals surface area (Å²) in [6.45, 7) is 4.13. The molecule has 0 saturated carbocycles. The quantitative estimate of drug-likeness (QED) is 0.860. The highest BCUT2D eigenvalue weighted by molar-refractivity contribution is 5.76. The van der Waals surface area contributed by atoms with Crippen molar-refractivity contribution < 1.29 is 14.6 Å². The second-order valence-electron chi connectivity index (χ2n) is 4.54. The molecule has 0 bridgehead atoms. The van der Waals surface area contributed by atoms with Crippen LogP contribution in [0.4, 0.5) is 0 Å². The van der Waals surface area contributed by atoms with Crippen LogP contribution in [-0.2, 0) is 9.53 Å². The number of ether oxygens (including phenoxy) is 1. The van der Waals surface area contributed by atoms with Crippen LogP contribution in [0.25, 0.3) is 0 Å². The van der Waals surface area contributed by atoms with Crippen LogP contribution >= 0.6 is 0 Å². The molecule has 1 fully saturated rings. The van der Waals surface area contributed by atoms with Gasteiger partial charge in [-0.2, -0.15) is 0 Å². The topological polar surface area (TPSA) is 49.8 Å². The van der Waals surface area contributed by atoms with Crippen molar-refractivity contribution in [3.63, 3.8) is 0 Å². The van der Waals surface area contributed by atoms with Crippen LogP contribution in [0.15, 0.2) is 30.3 Å². The molecule has 1 saturated heterocycles. The summed E-state index contributed by atoms with van der Waals surface area (Å²) in [5.74, 6) is -1.15. The SMILES string of the molecule is O=C(O)[C@@H](CCN1CCOCC1)c1ccccc1. The Hall–Kier alpha value is -1.39. The summed E-state index contributed by atoms with van der Waals surface area (Å²) in [5.41, 5.74) is 0.887. The van der Waals surface area contributed by atoms with E-state index in [0.717, 1.165) is 38.4 Å². The molecule has 1 aromatic carbocycles. The summed E-state index contributed by atoms with van der Waals surface area (Å²) in [4.78, 5) is 13.6. The maximum absolute atomic E-state index is 11.3. The third-order valence-corrected chi connectivity index (χ3v) is 3.34. The number of carboxylic acid groups (broad SMARTS) is 1. The second-order valence-corrected chi connectivity index (χ2v) is 4.54. The fraction of sp³-hybridized carbons (Fsp3) is 0.500. The lowest BCUT2D eigenvalue weighted by molar-refractivity contribution is -0.139. The highest BCUT2D eigenvalue weighted by atomic mass is 16.5. The standard InChI is InChI=1S/C14H19NO3/c16-14(17)13(12-4-2-1-3-5-12)6-7-15-8-10-18-11-9-15/h1-5,13H,6-11H2,(H,16,17)/t13-/m0/s1. The summed E-state index contributed by atoms with van der Waals surface area (Å²) in [5, 5.41) is 9.31. The number of benzene rings is 1. The molecule has 0 radical (unpaired) electrons. The van der Waals surface area contributed by atoms with Gasteiger partial charge in [0.1, 0.15) is 0 Å². The van der Waals surface area contributed by atoms with Crippen molar-refractivity contribution in [1.29, 1.82) is 0 Å². The van der Waals surface area contributed by atoms with Crippen LogP contribution in [0.5, 0.6) is 0 Å². The highest BCUT2D eigenvalue weighted by Gasteiger charge is 2.21. The van der Waals surface area contributed by atoms with Crippen LogP contribution in [0.3, 0.4) is 0 Å². The average molecular weight is 249 g/mol. The van der Waals surface area contributed by atoms with Gasteiger partial charge in [0.25, 0.3) is 0 Å². The summed E-state index contributed by atoms with van der Waals surface area (Å²) in [6.07, 6.45) is 0.652. The van der Waals surface area contributed by atoms with Crippen LogP contribution in [0, 0.1) is 0 Å². The third kappa shape index (κ3) is 3.55. The first-order valence-corrected chi connectivity index (χ1v) is 6.35. The molecule has 98 valence electrons. The summed E-state index contributed by atoms with van der Waals surface area (Å²) >= 11 is 0. The molecule has 0 spiro atoms. The number of nitrogens with zero attached hydrogens (tertiary/aromatic N) is 1. The van der Waals surface area contributed by atoms with Gasteiger partial charge in [-0.3, -0.25) is 9.69 Å². The van der Waals surface area contributed by atoms with Crippen LogP contribution in [-0.4, -0.2) is 48.8 Å². The largest absolute Gasteiger partial charge is 0.481 e. The number of aliphatic carboxylic acids is 1. The van der Waals surface area contributed by atoms with E-state index in [1.165, 1.54) is 0 Å². The Balaban J connectivity index is 1.92. The zero-order valence-electron chi connectivity index (χ0n) is 10.4. The van der Waals surface area contributed by atoms with Crippen molar-refractivity contribution in [2.45, 2.75) is 12.3 Å². The average Bonchev–Trinajstić information content (AvgIpc) is 2.41. The molecule has 0 aliphatic carbocycles. The normalized spacial score (nSPS) is 18.4. The first-order chi connectivity index (χ1) is 8.77. The molecule has 1 aliphatic rings. The minimum Gasteiger partial charge on any atom is -0.481 e. The minimum atomic E-state index is -0.741. The number of hydrogen-bond acceptors (Lipinski definition) is 3. The van der Waals surface area contributed by atoms with E-state index in [9.17, 15) is 9.90 Å². The first-order valence-electron chi connectivity index (χ1n) is 6.35. The van der Waals surface area contributed by atoms with Gasteiger partial charge in [0, 0.05) is 13.1 Å². The van der Waals surface area contributed by atoms with Gasteiger partial charge in [0.15, 0.2) is 0 Å². The number of carboxylic acids is 1. The molecular formula is C14H19NO3. The maximum Gasteiger partial charge on any atom is 0.311 e. The zero-order valence-corrected chi connectivity index (χ0v) is 10.4. The molecule has 18 heavy (non-hydrogen) atoms. The smallest absolute Gasteiger partial charge is 0.311 e. The van der Waals surface area contributed by atoms with Crippen LogP contribution in [0.2, 0.25) is 0 Å².